The first kappa shape index (κ1) is 10.7. The largest absolute Gasteiger partial charge is 0.381 e. The van der Waals surface area contributed by atoms with Gasteiger partial charge in [-0.05, 0) is 26.3 Å². The summed E-state index contributed by atoms with van der Waals surface area (Å²) in [5.74, 6) is 0.660. The van der Waals surface area contributed by atoms with E-state index in [1.165, 1.54) is 18.4 Å². The molecule has 0 spiro atoms. The Balaban J connectivity index is 2.25. The molecule has 1 fully saturated rings. The van der Waals surface area contributed by atoms with Gasteiger partial charge in [-0.2, -0.15) is 0 Å². The van der Waals surface area contributed by atoms with E-state index >= 15 is 0 Å². The highest BCUT2D eigenvalue weighted by Crippen LogP contribution is 2.16. The normalized spacial score (nSPS) is 24.8. The molecule has 13 heavy (non-hydrogen) atoms. The first-order valence-corrected chi connectivity index (χ1v) is 5.28. The molecule has 0 aromatic rings. The fourth-order valence-corrected chi connectivity index (χ4v) is 1.68. The standard InChI is InChI=1S/C11H21NO/c1-3-12-8-10(2)7-11-5-4-6-13-9-11/h7,11-12H,3-6,8-9H2,1-2H3/b10-7+. The molecule has 0 bridgehead atoms. The summed E-state index contributed by atoms with van der Waals surface area (Å²) in [5, 5.41) is 3.33. The summed E-state index contributed by atoms with van der Waals surface area (Å²) in [6, 6.07) is 0. The minimum absolute atomic E-state index is 0.660. The van der Waals surface area contributed by atoms with Crippen LogP contribution in [0.25, 0.3) is 0 Å². The zero-order valence-electron chi connectivity index (χ0n) is 8.81. The molecular weight excluding hydrogens is 162 g/mol. The molecule has 2 heteroatoms. The first-order chi connectivity index (χ1) is 6.33. The van der Waals surface area contributed by atoms with Crippen molar-refractivity contribution in [2.45, 2.75) is 26.7 Å². The van der Waals surface area contributed by atoms with Crippen LogP contribution < -0.4 is 5.32 Å². The molecule has 1 saturated heterocycles. The van der Waals surface area contributed by atoms with Gasteiger partial charge in [-0.1, -0.05) is 18.6 Å². The predicted molar refractivity (Wildman–Crippen MR) is 55.8 cm³/mol. The van der Waals surface area contributed by atoms with Crippen LogP contribution in [0.5, 0.6) is 0 Å². The van der Waals surface area contributed by atoms with Crippen molar-refractivity contribution < 1.29 is 4.74 Å². The molecule has 1 aliphatic rings. The average Bonchev–Trinajstić information content (AvgIpc) is 2.16. The van der Waals surface area contributed by atoms with Crippen LogP contribution in [-0.2, 0) is 4.74 Å². The molecule has 0 saturated carbocycles. The summed E-state index contributed by atoms with van der Waals surface area (Å²) >= 11 is 0. The van der Waals surface area contributed by atoms with Crippen molar-refractivity contribution in [2.24, 2.45) is 5.92 Å². The van der Waals surface area contributed by atoms with Crippen LogP contribution in [0, 0.1) is 5.92 Å². The lowest BCUT2D eigenvalue weighted by Gasteiger charge is -2.19. The van der Waals surface area contributed by atoms with E-state index in [1.54, 1.807) is 0 Å². The lowest BCUT2D eigenvalue weighted by molar-refractivity contribution is 0.0707. The number of ether oxygens (including phenoxy) is 1. The lowest BCUT2D eigenvalue weighted by atomic mass is 9.99. The number of nitrogens with one attached hydrogen (secondary N) is 1. The zero-order valence-corrected chi connectivity index (χ0v) is 8.81. The van der Waals surface area contributed by atoms with E-state index in [0.717, 1.165) is 26.3 Å². The smallest absolute Gasteiger partial charge is 0.0528 e. The molecule has 1 atom stereocenters. The molecule has 0 aromatic carbocycles. The quantitative estimate of drug-likeness (QED) is 0.673. The van der Waals surface area contributed by atoms with Gasteiger partial charge in [0.15, 0.2) is 0 Å². The van der Waals surface area contributed by atoms with Crippen LogP contribution in [0.15, 0.2) is 11.6 Å². The van der Waals surface area contributed by atoms with Crippen molar-refractivity contribution in [3.63, 3.8) is 0 Å². The van der Waals surface area contributed by atoms with E-state index in [2.05, 4.69) is 25.2 Å². The predicted octanol–water partition coefficient (Wildman–Crippen LogP) is 1.97. The van der Waals surface area contributed by atoms with Gasteiger partial charge in [-0.25, -0.2) is 0 Å². The molecular formula is C11H21NO. The maximum absolute atomic E-state index is 5.42. The van der Waals surface area contributed by atoms with E-state index in [4.69, 9.17) is 4.74 Å². The second-order valence-electron chi connectivity index (χ2n) is 3.77. The Morgan fingerprint density at radius 3 is 3.08 bits per heavy atom. The SMILES string of the molecule is CCNC/C(C)=C/C1CCCOC1. The summed E-state index contributed by atoms with van der Waals surface area (Å²) in [6.07, 6.45) is 4.88. The maximum atomic E-state index is 5.42. The zero-order chi connectivity index (χ0) is 9.52. The van der Waals surface area contributed by atoms with E-state index in [9.17, 15) is 0 Å². The Hall–Kier alpha value is -0.340. The van der Waals surface area contributed by atoms with E-state index in [1.807, 2.05) is 0 Å². The fraction of sp³-hybridized carbons (Fsp3) is 0.818. The summed E-state index contributed by atoms with van der Waals surface area (Å²) < 4.78 is 5.42. The highest BCUT2D eigenvalue weighted by molar-refractivity contribution is 5.03. The monoisotopic (exact) mass is 183 g/mol. The van der Waals surface area contributed by atoms with Crippen molar-refractivity contribution in [3.05, 3.63) is 11.6 Å². The summed E-state index contributed by atoms with van der Waals surface area (Å²) in [5.41, 5.74) is 1.44. The van der Waals surface area contributed by atoms with Gasteiger partial charge in [0, 0.05) is 19.1 Å². The maximum Gasteiger partial charge on any atom is 0.0528 e. The van der Waals surface area contributed by atoms with Gasteiger partial charge >= 0.3 is 0 Å². The van der Waals surface area contributed by atoms with Gasteiger partial charge in [0.1, 0.15) is 0 Å². The molecule has 0 aliphatic carbocycles. The average molecular weight is 183 g/mol. The third-order valence-electron chi connectivity index (χ3n) is 2.37. The van der Waals surface area contributed by atoms with Gasteiger partial charge in [-0.15, -0.1) is 0 Å². The Morgan fingerprint density at radius 1 is 1.62 bits per heavy atom. The minimum atomic E-state index is 0.660. The third kappa shape index (κ3) is 4.44. The number of likely N-dealkylation sites (N-methyl/N-ethyl adjacent to an activating group) is 1. The van der Waals surface area contributed by atoms with Gasteiger partial charge < -0.3 is 10.1 Å². The van der Waals surface area contributed by atoms with Gasteiger partial charge in [-0.3, -0.25) is 0 Å². The molecule has 76 valence electrons. The van der Waals surface area contributed by atoms with Gasteiger partial charge in [0.05, 0.1) is 6.61 Å². The van der Waals surface area contributed by atoms with Crippen molar-refractivity contribution in [1.29, 1.82) is 0 Å². The first-order valence-electron chi connectivity index (χ1n) is 5.28. The Morgan fingerprint density at radius 2 is 2.46 bits per heavy atom. The molecule has 1 heterocycles. The van der Waals surface area contributed by atoms with Crippen molar-refractivity contribution >= 4 is 0 Å². The van der Waals surface area contributed by atoms with Crippen LogP contribution in [-0.4, -0.2) is 26.3 Å². The summed E-state index contributed by atoms with van der Waals surface area (Å²) in [6.45, 7) is 8.27. The number of rotatable bonds is 4. The number of hydrogen-bond acceptors (Lipinski definition) is 2. The molecule has 1 rings (SSSR count). The van der Waals surface area contributed by atoms with Gasteiger partial charge in [0.25, 0.3) is 0 Å². The molecule has 2 nitrogen and oxygen atoms in total. The van der Waals surface area contributed by atoms with E-state index in [0.29, 0.717) is 5.92 Å². The second kappa shape index (κ2) is 6.17. The van der Waals surface area contributed by atoms with E-state index < -0.39 is 0 Å². The van der Waals surface area contributed by atoms with Crippen molar-refractivity contribution in [1.82, 2.24) is 5.32 Å². The van der Waals surface area contributed by atoms with Crippen LogP contribution in [0.3, 0.4) is 0 Å². The highest BCUT2D eigenvalue weighted by Gasteiger charge is 2.10. The van der Waals surface area contributed by atoms with Crippen molar-refractivity contribution in [3.8, 4) is 0 Å². The fourth-order valence-electron chi connectivity index (χ4n) is 1.68. The second-order valence-corrected chi connectivity index (χ2v) is 3.77. The number of hydrogen-bond donors (Lipinski definition) is 1. The van der Waals surface area contributed by atoms with Crippen LogP contribution >= 0.6 is 0 Å². The van der Waals surface area contributed by atoms with Gasteiger partial charge in [0.2, 0.25) is 0 Å². The molecule has 1 unspecified atom stereocenters. The topological polar surface area (TPSA) is 21.3 Å². The Bertz CT molecular complexity index is 159. The third-order valence-corrected chi connectivity index (χ3v) is 2.37. The Kier molecular flexibility index (Phi) is 5.09. The molecule has 0 radical (unpaired) electrons. The molecule has 0 amide bonds. The molecule has 1 aliphatic heterocycles. The molecule has 0 aromatic heterocycles. The lowest BCUT2D eigenvalue weighted by Crippen LogP contribution is -2.18. The highest BCUT2D eigenvalue weighted by atomic mass is 16.5. The van der Waals surface area contributed by atoms with Crippen LogP contribution in [0.2, 0.25) is 0 Å². The summed E-state index contributed by atoms with van der Waals surface area (Å²) in [4.78, 5) is 0. The van der Waals surface area contributed by atoms with E-state index in [-0.39, 0.29) is 0 Å². The Labute approximate surface area is 81.4 Å². The van der Waals surface area contributed by atoms with Crippen LogP contribution in [0.1, 0.15) is 26.7 Å². The molecule has 1 N–H and O–H groups in total. The minimum Gasteiger partial charge on any atom is -0.381 e. The van der Waals surface area contributed by atoms with Crippen LogP contribution in [0.4, 0.5) is 0 Å². The summed E-state index contributed by atoms with van der Waals surface area (Å²) in [7, 11) is 0. The van der Waals surface area contributed by atoms with Crippen molar-refractivity contribution in [2.75, 3.05) is 26.3 Å².